The number of halogens is 1. The Labute approximate surface area is 230 Å². The molecule has 0 spiro atoms. The number of carbonyl (C=O) groups is 2. The van der Waals surface area contributed by atoms with Crippen molar-refractivity contribution >= 4 is 39.1 Å². The van der Waals surface area contributed by atoms with Crippen LogP contribution in [0.4, 0.5) is 5.69 Å². The molecule has 0 fully saturated rings. The fourth-order valence-electron chi connectivity index (χ4n) is 4.03. The van der Waals surface area contributed by atoms with Crippen molar-refractivity contribution in [1.29, 1.82) is 0 Å². The zero-order chi connectivity index (χ0) is 27.7. The van der Waals surface area contributed by atoms with Crippen molar-refractivity contribution in [3.05, 3.63) is 95.0 Å². The highest BCUT2D eigenvalue weighted by molar-refractivity contribution is 7.92. The first-order valence-electron chi connectivity index (χ1n) is 12.6. The molecule has 1 atom stereocenters. The van der Waals surface area contributed by atoms with E-state index < -0.39 is 28.5 Å². The van der Waals surface area contributed by atoms with Gasteiger partial charge < -0.3 is 10.2 Å². The van der Waals surface area contributed by atoms with Gasteiger partial charge in [-0.2, -0.15) is 0 Å². The number of carbonyl (C=O) groups excluding carboxylic acids is 2. The van der Waals surface area contributed by atoms with Crippen molar-refractivity contribution < 1.29 is 18.0 Å². The minimum atomic E-state index is -4.12. The molecule has 0 bridgehead atoms. The normalized spacial score (nSPS) is 12.0. The molecule has 3 aromatic carbocycles. The van der Waals surface area contributed by atoms with Gasteiger partial charge in [0.25, 0.3) is 10.0 Å². The van der Waals surface area contributed by atoms with E-state index in [-0.39, 0.29) is 17.3 Å². The Morgan fingerprint density at radius 1 is 0.921 bits per heavy atom. The van der Waals surface area contributed by atoms with Gasteiger partial charge in [-0.05, 0) is 61.7 Å². The Bertz CT molecular complexity index is 1310. The van der Waals surface area contributed by atoms with Crippen LogP contribution in [0.1, 0.15) is 37.8 Å². The molecule has 3 rings (SSSR count). The number of hydrogen-bond acceptors (Lipinski definition) is 4. The molecule has 0 saturated heterocycles. The molecule has 0 saturated carbocycles. The molecule has 0 aliphatic heterocycles. The molecule has 0 unspecified atom stereocenters. The Balaban J connectivity index is 2.01. The Hall–Kier alpha value is -3.36. The topological polar surface area (TPSA) is 86.8 Å². The number of rotatable bonds is 12. The number of anilines is 1. The molecule has 7 nitrogen and oxygen atoms in total. The van der Waals surface area contributed by atoms with Gasteiger partial charge in [-0.25, -0.2) is 8.42 Å². The number of benzene rings is 3. The standard InChI is InChI=1S/C29H34ClN3O4S/c1-4-19-31-29(35)27(5-2)32(20-23-13-11-22(3)12-14-23)28(34)21-33(25-9-7-6-8-10-25)38(36,37)26-17-15-24(30)16-18-26/h6-18,27H,4-5,19-21H2,1-3H3,(H,31,35)/t27-/m0/s1. The molecule has 1 N–H and O–H groups in total. The smallest absolute Gasteiger partial charge is 0.264 e. The summed E-state index contributed by atoms with van der Waals surface area (Å²) in [5, 5.41) is 3.29. The predicted octanol–water partition coefficient (Wildman–Crippen LogP) is 5.18. The van der Waals surface area contributed by atoms with Gasteiger partial charge in [0.1, 0.15) is 12.6 Å². The maximum absolute atomic E-state index is 13.9. The van der Waals surface area contributed by atoms with E-state index in [9.17, 15) is 18.0 Å². The van der Waals surface area contributed by atoms with E-state index >= 15 is 0 Å². The molecule has 202 valence electrons. The van der Waals surface area contributed by atoms with Crippen LogP contribution in [0, 0.1) is 6.92 Å². The van der Waals surface area contributed by atoms with Gasteiger partial charge in [0.15, 0.2) is 0 Å². The van der Waals surface area contributed by atoms with Gasteiger partial charge in [0, 0.05) is 18.1 Å². The summed E-state index contributed by atoms with van der Waals surface area (Å²) in [6.45, 7) is 5.95. The first kappa shape index (κ1) is 29.2. The number of nitrogens with one attached hydrogen (secondary N) is 1. The molecule has 0 heterocycles. The zero-order valence-corrected chi connectivity index (χ0v) is 23.5. The van der Waals surface area contributed by atoms with E-state index in [1.807, 2.05) is 45.0 Å². The van der Waals surface area contributed by atoms with E-state index in [1.165, 1.54) is 29.2 Å². The molecule has 0 radical (unpaired) electrons. The van der Waals surface area contributed by atoms with Crippen molar-refractivity contribution in [2.24, 2.45) is 0 Å². The van der Waals surface area contributed by atoms with Crippen LogP contribution in [0.3, 0.4) is 0 Å². The molecule has 2 amide bonds. The predicted molar refractivity (Wildman–Crippen MR) is 152 cm³/mol. The number of sulfonamides is 1. The third kappa shape index (κ3) is 7.36. The lowest BCUT2D eigenvalue weighted by atomic mass is 10.1. The number of nitrogens with zero attached hydrogens (tertiary/aromatic N) is 2. The molecule has 9 heteroatoms. The molecular weight excluding hydrogens is 522 g/mol. The van der Waals surface area contributed by atoms with Crippen LogP contribution >= 0.6 is 11.6 Å². The molecule has 0 aliphatic carbocycles. The first-order chi connectivity index (χ1) is 18.2. The Morgan fingerprint density at radius 2 is 1.55 bits per heavy atom. The third-order valence-corrected chi connectivity index (χ3v) is 8.17. The molecule has 3 aromatic rings. The van der Waals surface area contributed by atoms with Crippen LogP contribution in [0.5, 0.6) is 0 Å². The summed E-state index contributed by atoms with van der Waals surface area (Å²) in [4.78, 5) is 28.5. The summed E-state index contributed by atoms with van der Waals surface area (Å²) in [6.07, 6.45) is 1.14. The average molecular weight is 556 g/mol. The van der Waals surface area contributed by atoms with Crippen molar-refractivity contribution in [2.75, 3.05) is 17.4 Å². The lowest BCUT2D eigenvalue weighted by Gasteiger charge is -2.33. The van der Waals surface area contributed by atoms with E-state index in [4.69, 9.17) is 11.6 Å². The summed E-state index contributed by atoms with van der Waals surface area (Å²) in [5.41, 5.74) is 2.26. The van der Waals surface area contributed by atoms with Crippen LogP contribution < -0.4 is 9.62 Å². The van der Waals surface area contributed by atoms with Crippen LogP contribution in [0.25, 0.3) is 0 Å². The summed E-state index contributed by atoms with van der Waals surface area (Å²) in [5.74, 6) is -0.743. The largest absolute Gasteiger partial charge is 0.354 e. The molecule has 0 aliphatic rings. The van der Waals surface area contributed by atoms with E-state index in [0.717, 1.165) is 21.9 Å². The van der Waals surface area contributed by atoms with Crippen LogP contribution in [-0.2, 0) is 26.2 Å². The minimum Gasteiger partial charge on any atom is -0.354 e. The van der Waals surface area contributed by atoms with Crippen LogP contribution in [0.15, 0.2) is 83.8 Å². The highest BCUT2D eigenvalue weighted by atomic mass is 35.5. The second-order valence-corrected chi connectivity index (χ2v) is 11.3. The summed E-state index contributed by atoms with van der Waals surface area (Å²) >= 11 is 5.98. The van der Waals surface area contributed by atoms with Gasteiger partial charge in [-0.15, -0.1) is 0 Å². The molecular formula is C29H34ClN3O4S. The maximum atomic E-state index is 13.9. The Kier molecular flexibility index (Phi) is 10.3. The van der Waals surface area contributed by atoms with Gasteiger partial charge in [-0.3, -0.25) is 13.9 Å². The van der Waals surface area contributed by atoms with E-state index in [0.29, 0.717) is 23.7 Å². The van der Waals surface area contributed by atoms with Crippen molar-refractivity contribution in [2.45, 2.75) is 51.1 Å². The summed E-state index contributed by atoms with van der Waals surface area (Å²) in [6, 6.07) is 21.2. The minimum absolute atomic E-state index is 0.0105. The second kappa shape index (κ2) is 13.4. The Morgan fingerprint density at radius 3 is 2.13 bits per heavy atom. The highest BCUT2D eigenvalue weighted by Gasteiger charge is 2.33. The van der Waals surface area contributed by atoms with E-state index in [2.05, 4.69) is 5.32 Å². The molecule has 38 heavy (non-hydrogen) atoms. The maximum Gasteiger partial charge on any atom is 0.264 e. The first-order valence-corrected chi connectivity index (χ1v) is 14.4. The van der Waals surface area contributed by atoms with Gasteiger partial charge in [-0.1, -0.05) is 73.5 Å². The second-order valence-electron chi connectivity index (χ2n) is 9.02. The zero-order valence-electron chi connectivity index (χ0n) is 21.9. The van der Waals surface area contributed by atoms with Crippen molar-refractivity contribution in [3.63, 3.8) is 0 Å². The number of aryl methyl sites for hydroxylation is 1. The van der Waals surface area contributed by atoms with Gasteiger partial charge in [0.2, 0.25) is 11.8 Å². The quantitative estimate of drug-likeness (QED) is 0.334. The highest BCUT2D eigenvalue weighted by Crippen LogP contribution is 2.25. The number of hydrogen-bond donors (Lipinski definition) is 1. The number of para-hydroxylation sites is 1. The van der Waals surface area contributed by atoms with Gasteiger partial charge in [0.05, 0.1) is 10.6 Å². The van der Waals surface area contributed by atoms with Crippen LogP contribution in [0.2, 0.25) is 5.02 Å². The molecule has 0 aromatic heterocycles. The lowest BCUT2D eigenvalue weighted by Crippen LogP contribution is -2.52. The third-order valence-electron chi connectivity index (χ3n) is 6.13. The fraction of sp³-hybridized carbons (Fsp3) is 0.310. The summed E-state index contributed by atoms with van der Waals surface area (Å²) in [7, 11) is -4.12. The summed E-state index contributed by atoms with van der Waals surface area (Å²) < 4.78 is 28.6. The number of amides is 2. The average Bonchev–Trinajstić information content (AvgIpc) is 2.92. The van der Waals surface area contributed by atoms with Crippen molar-refractivity contribution in [3.8, 4) is 0 Å². The van der Waals surface area contributed by atoms with E-state index in [1.54, 1.807) is 30.3 Å². The SMILES string of the molecule is CCCNC(=O)[C@H](CC)N(Cc1ccc(C)cc1)C(=O)CN(c1ccccc1)S(=O)(=O)c1ccc(Cl)cc1. The van der Waals surface area contributed by atoms with Gasteiger partial charge >= 0.3 is 0 Å². The fourth-order valence-corrected chi connectivity index (χ4v) is 5.57. The lowest BCUT2D eigenvalue weighted by molar-refractivity contribution is -0.140. The van der Waals surface area contributed by atoms with Crippen LogP contribution in [-0.4, -0.2) is 44.3 Å². The monoisotopic (exact) mass is 555 g/mol. The van der Waals surface area contributed by atoms with Crippen molar-refractivity contribution in [1.82, 2.24) is 10.2 Å².